The number of rotatable bonds is 5. The van der Waals surface area contributed by atoms with E-state index in [1.54, 1.807) is 0 Å². The second kappa shape index (κ2) is 7.10. The van der Waals surface area contributed by atoms with Crippen LogP contribution >= 0.6 is 0 Å². The first kappa shape index (κ1) is 14.6. The third kappa shape index (κ3) is 3.61. The molecule has 1 aliphatic heterocycles. The summed E-state index contributed by atoms with van der Waals surface area (Å²) in [5.74, 6) is -0.237. The van der Waals surface area contributed by atoms with Gasteiger partial charge in [0, 0.05) is 18.2 Å². The van der Waals surface area contributed by atoms with Crippen LogP contribution in [0.25, 0.3) is 0 Å². The summed E-state index contributed by atoms with van der Waals surface area (Å²) in [5, 5.41) is 3.38. The summed E-state index contributed by atoms with van der Waals surface area (Å²) in [5.41, 5.74) is 2.72. The molecule has 0 spiro atoms. The summed E-state index contributed by atoms with van der Waals surface area (Å²) >= 11 is 0. The Kier molecular flexibility index (Phi) is 5.18. The molecule has 4 heteroatoms. The summed E-state index contributed by atoms with van der Waals surface area (Å²) in [6.07, 6.45) is 0.600. The van der Waals surface area contributed by atoms with Crippen LogP contribution in [0.2, 0.25) is 0 Å². The van der Waals surface area contributed by atoms with Gasteiger partial charge in [-0.2, -0.15) is 0 Å². The van der Waals surface area contributed by atoms with Crippen molar-refractivity contribution in [2.75, 3.05) is 19.8 Å². The van der Waals surface area contributed by atoms with Crippen LogP contribution in [0.5, 0.6) is 0 Å². The Hall–Kier alpha value is -1.81. The Morgan fingerprint density at radius 3 is 2.85 bits per heavy atom. The number of carbonyl (C=O) groups is 1. The molecule has 108 valence electrons. The molecule has 0 unspecified atom stereocenters. The maximum absolute atomic E-state index is 12.0. The lowest BCUT2D eigenvalue weighted by atomic mass is 10.1. The van der Waals surface area contributed by atoms with Crippen molar-refractivity contribution in [1.82, 2.24) is 5.32 Å². The van der Waals surface area contributed by atoms with Gasteiger partial charge in [0.05, 0.1) is 25.4 Å². The standard InChI is InChI=1S/C16H21NO3/c1-3-20-16(18)14-9-10-19-11-15(14)17-12(2)13-7-5-4-6-8-13/h4-8,12,17H,3,9-11H2,1-2H3/t12-/m0/s1. The third-order valence-corrected chi connectivity index (χ3v) is 3.32. The van der Waals surface area contributed by atoms with Crippen LogP contribution in [0, 0.1) is 0 Å². The highest BCUT2D eigenvalue weighted by Crippen LogP contribution is 2.20. The van der Waals surface area contributed by atoms with Crippen molar-refractivity contribution in [3.63, 3.8) is 0 Å². The van der Waals surface area contributed by atoms with Crippen molar-refractivity contribution in [2.24, 2.45) is 0 Å². The SMILES string of the molecule is CCOC(=O)C1=C(N[C@@H](C)c2ccccc2)COCC1. The zero-order valence-electron chi connectivity index (χ0n) is 12.0. The summed E-state index contributed by atoms with van der Waals surface area (Å²) in [6, 6.07) is 10.2. The van der Waals surface area contributed by atoms with E-state index in [2.05, 4.69) is 24.4 Å². The Morgan fingerprint density at radius 2 is 2.15 bits per heavy atom. The van der Waals surface area contributed by atoms with E-state index in [0.29, 0.717) is 31.8 Å². The van der Waals surface area contributed by atoms with Gasteiger partial charge >= 0.3 is 5.97 Å². The van der Waals surface area contributed by atoms with Gasteiger partial charge in [0.25, 0.3) is 0 Å². The maximum atomic E-state index is 12.0. The minimum absolute atomic E-state index is 0.123. The molecule has 1 aromatic rings. The molecule has 1 atom stereocenters. The second-order valence-electron chi connectivity index (χ2n) is 4.76. The van der Waals surface area contributed by atoms with E-state index in [-0.39, 0.29) is 12.0 Å². The van der Waals surface area contributed by atoms with Crippen LogP contribution < -0.4 is 5.32 Å². The quantitative estimate of drug-likeness (QED) is 0.839. The minimum atomic E-state index is -0.237. The van der Waals surface area contributed by atoms with E-state index < -0.39 is 0 Å². The van der Waals surface area contributed by atoms with Crippen molar-refractivity contribution in [1.29, 1.82) is 0 Å². The molecule has 1 N–H and O–H groups in total. The van der Waals surface area contributed by atoms with E-state index in [4.69, 9.17) is 9.47 Å². The zero-order valence-corrected chi connectivity index (χ0v) is 12.0. The molecule has 20 heavy (non-hydrogen) atoms. The lowest BCUT2D eigenvalue weighted by Gasteiger charge is -2.24. The van der Waals surface area contributed by atoms with E-state index in [1.165, 1.54) is 5.56 Å². The first-order valence-corrected chi connectivity index (χ1v) is 7.00. The van der Waals surface area contributed by atoms with E-state index in [1.807, 2.05) is 25.1 Å². The summed E-state index contributed by atoms with van der Waals surface area (Å²) in [4.78, 5) is 12.0. The van der Waals surface area contributed by atoms with Gasteiger partial charge in [-0.1, -0.05) is 30.3 Å². The molecule has 0 radical (unpaired) electrons. The maximum Gasteiger partial charge on any atom is 0.335 e. The Labute approximate surface area is 119 Å². The van der Waals surface area contributed by atoms with E-state index in [9.17, 15) is 4.79 Å². The number of benzene rings is 1. The van der Waals surface area contributed by atoms with Crippen molar-refractivity contribution >= 4 is 5.97 Å². The topological polar surface area (TPSA) is 47.6 Å². The molecule has 1 aromatic carbocycles. The summed E-state index contributed by atoms with van der Waals surface area (Å²) in [6.45, 7) is 5.28. The first-order valence-electron chi connectivity index (χ1n) is 7.00. The van der Waals surface area contributed by atoms with Crippen LogP contribution in [0.3, 0.4) is 0 Å². The number of hydrogen-bond acceptors (Lipinski definition) is 4. The molecule has 2 rings (SSSR count). The minimum Gasteiger partial charge on any atom is -0.463 e. The molecule has 0 saturated heterocycles. The number of hydrogen-bond donors (Lipinski definition) is 1. The number of nitrogens with one attached hydrogen (secondary N) is 1. The summed E-state index contributed by atoms with van der Waals surface area (Å²) in [7, 11) is 0. The molecule has 0 amide bonds. The Morgan fingerprint density at radius 1 is 1.40 bits per heavy atom. The molecule has 0 bridgehead atoms. The average Bonchev–Trinajstić information content (AvgIpc) is 2.49. The van der Waals surface area contributed by atoms with Gasteiger partial charge in [-0.25, -0.2) is 4.79 Å². The molecule has 0 fully saturated rings. The van der Waals surface area contributed by atoms with Crippen LogP contribution in [0.15, 0.2) is 41.6 Å². The van der Waals surface area contributed by atoms with Crippen LogP contribution in [0.1, 0.15) is 31.9 Å². The first-order chi connectivity index (χ1) is 9.72. The Balaban J connectivity index is 2.13. The zero-order chi connectivity index (χ0) is 14.4. The number of esters is 1. The highest BCUT2D eigenvalue weighted by Gasteiger charge is 2.22. The van der Waals surface area contributed by atoms with Gasteiger partial charge in [0.15, 0.2) is 0 Å². The molecule has 0 saturated carbocycles. The fourth-order valence-corrected chi connectivity index (χ4v) is 2.25. The average molecular weight is 275 g/mol. The van der Waals surface area contributed by atoms with Crippen LogP contribution in [-0.2, 0) is 14.3 Å². The molecular weight excluding hydrogens is 254 g/mol. The molecule has 0 aliphatic carbocycles. The normalized spacial score (nSPS) is 16.7. The van der Waals surface area contributed by atoms with Crippen LogP contribution in [-0.4, -0.2) is 25.8 Å². The predicted molar refractivity (Wildman–Crippen MR) is 77.1 cm³/mol. The third-order valence-electron chi connectivity index (χ3n) is 3.32. The van der Waals surface area contributed by atoms with Crippen LogP contribution in [0.4, 0.5) is 0 Å². The molecule has 1 heterocycles. The predicted octanol–water partition coefficient (Wildman–Crippen LogP) is 2.57. The fourth-order valence-electron chi connectivity index (χ4n) is 2.25. The smallest absolute Gasteiger partial charge is 0.335 e. The van der Waals surface area contributed by atoms with E-state index in [0.717, 1.165) is 5.70 Å². The molecule has 1 aliphatic rings. The number of carbonyl (C=O) groups excluding carboxylic acids is 1. The lowest BCUT2D eigenvalue weighted by Crippen LogP contribution is -2.29. The van der Waals surface area contributed by atoms with Gasteiger partial charge in [-0.05, 0) is 19.4 Å². The molecule has 0 aromatic heterocycles. The largest absolute Gasteiger partial charge is 0.463 e. The molecule has 4 nitrogen and oxygen atoms in total. The Bertz CT molecular complexity index is 482. The fraction of sp³-hybridized carbons (Fsp3) is 0.438. The summed E-state index contributed by atoms with van der Waals surface area (Å²) < 4.78 is 10.6. The van der Waals surface area contributed by atoms with E-state index >= 15 is 0 Å². The lowest BCUT2D eigenvalue weighted by molar-refractivity contribution is -0.139. The highest BCUT2D eigenvalue weighted by atomic mass is 16.5. The van der Waals surface area contributed by atoms with Gasteiger partial charge < -0.3 is 14.8 Å². The van der Waals surface area contributed by atoms with Crippen molar-refractivity contribution in [3.8, 4) is 0 Å². The van der Waals surface area contributed by atoms with Crippen molar-refractivity contribution < 1.29 is 14.3 Å². The van der Waals surface area contributed by atoms with Crippen molar-refractivity contribution in [3.05, 3.63) is 47.2 Å². The van der Waals surface area contributed by atoms with Gasteiger partial charge in [0.1, 0.15) is 0 Å². The molecular formula is C16H21NO3. The highest BCUT2D eigenvalue weighted by molar-refractivity contribution is 5.89. The van der Waals surface area contributed by atoms with Crippen molar-refractivity contribution in [2.45, 2.75) is 26.3 Å². The van der Waals surface area contributed by atoms with Gasteiger partial charge in [0.2, 0.25) is 0 Å². The van der Waals surface area contributed by atoms with Gasteiger partial charge in [-0.3, -0.25) is 0 Å². The number of ether oxygens (including phenoxy) is 2. The monoisotopic (exact) mass is 275 g/mol. The van der Waals surface area contributed by atoms with Gasteiger partial charge in [-0.15, -0.1) is 0 Å². The second-order valence-corrected chi connectivity index (χ2v) is 4.76.